The summed E-state index contributed by atoms with van der Waals surface area (Å²) < 4.78 is 39.9. The van der Waals surface area contributed by atoms with E-state index < -0.39 is 10.0 Å². The molecule has 1 saturated carbocycles. The molecule has 0 spiro atoms. The predicted octanol–water partition coefficient (Wildman–Crippen LogP) is 2.11. The third kappa shape index (κ3) is 3.37. The zero-order valence-corrected chi connectivity index (χ0v) is 12.7. The lowest BCUT2D eigenvalue weighted by atomic mass is 10.2. The van der Waals surface area contributed by atoms with Crippen molar-refractivity contribution in [3.8, 4) is 0 Å². The van der Waals surface area contributed by atoms with Crippen LogP contribution in [0.4, 0.5) is 4.39 Å². The number of hydrogen-bond acceptors (Lipinski definition) is 3. The van der Waals surface area contributed by atoms with Gasteiger partial charge in [0.05, 0.1) is 4.90 Å². The van der Waals surface area contributed by atoms with Gasteiger partial charge in [0.2, 0.25) is 10.0 Å². The number of rotatable bonds is 7. The van der Waals surface area contributed by atoms with Gasteiger partial charge in [0.1, 0.15) is 5.82 Å². The fraction of sp³-hybridized carbons (Fsp3) is 0.571. The third-order valence-electron chi connectivity index (χ3n) is 3.50. The topological polar surface area (TPSA) is 49.4 Å². The van der Waals surface area contributed by atoms with Crippen LogP contribution in [0.15, 0.2) is 23.1 Å². The minimum Gasteiger partial charge on any atom is -0.313 e. The highest BCUT2D eigenvalue weighted by molar-refractivity contribution is 7.89. The standard InChI is InChI=1S/C14H21FN2O2S/c1-3-8-16-10-11-9-13(6-7-14(11)15)20(18,19)17(2)12-4-5-12/h6-7,9,12,16H,3-5,8,10H2,1-2H3. The molecule has 1 aromatic carbocycles. The van der Waals surface area contributed by atoms with E-state index in [4.69, 9.17) is 0 Å². The van der Waals surface area contributed by atoms with Crippen LogP contribution in [-0.2, 0) is 16.6 Å². The van der Waals surface area contributed by atoms with Crippen molar-refractivity contribution in [1.29, 1.82) is 0 Å². The van der Waals surface area contributed by atoms with Crippen LogP contribution in [-0.4, -0.2) is 32.4 Å². The maximum atomic E-state index is 13.7. The van der Waals surface area contributed by atoms with Crippen molar-refractivity contribution < 1.29 is 12.8 Å². The zero-order valence-electron chi connectivity index (χ0n) is 11.9. The molecule has 0 bridgehead atoms. The molecular weight excluding hydrogens is 279 g/mol. The molecule has 0 saturated heterocycles. The number of halogens is 1. The van der Waals surface area contributed by atoms with Gasteiger partial charge < -0.3 is 5.32 Å². The highest BCUT2D eigenvalue weighted by Crippen LogP contribution is 2.30. The Morgan fingerprint density at radius 1 is 1.40 bits per heavy atom. The van der Waals surface area contributed by atoms with Crippen molar-refractivity contribution in [2.45, 2.75) is 43.7 Å². The molecule has 1 aromatic rings. The average molecular weight is 300 g/mol. The quantitative estimate of drug-likeness (QED) is 0.785. The summed E-state index contributed by atoms with van der Waals surface area (Å²) in [5.41, 5.74) is 0.392. The first-order chi connectivity index (χ1) is 9.46. The van der Waals surface area contributed by atoms with Crippen LogP contribution in [0.25, 0.3) is 0 Å². The van der Waals surface area contributed by atoms with E-state index in [1.165, 1.54) is 22.5 Å². The molecule has 0 atom stereocenters. The van der Waals surface area contributed by atoms with E-state index in [1.807, 2.05) is 6.92 Å². The van der Waals surface area contributed by atoms with E-state index in [0.29, 0.717) is 12.1 Å². The van der Waals surface area contributed by atoms with Crippen LogP contribution >= 0.6 is 0 Å². The minimum atomic E-state index is -3.51. The van der Waals surface area contributed by atoms with E-state index in [1.54, 1.807) is 7.05 Å². The van der Waals surface area contributed by atoms with E-state index in [2.05, 4.69) is 5.32 Å². The molecule has 1 N–H and O–H groups in total. The van der Waals surface area contributed by atoms with Gasteiger partial charge in [-0.25, -0.2) is 12.8 Å². The SMILES string of the molecule is CCCNCc1cc(S(=O)(=O)N(C)C2CC2)ccc1F. The number of hydrogen-bond donors (Lipinski definition) is 1. The number of nitrogens with zero attached hydrogens (tertiary/aromatic N) is 1. The van der Waals surface area contributed by atoms with Crippen LogP contribution in [0.1, 0.15) is 31.7 Å². The van der Waals surface area contributed by atoms with Crippen LogP contribution in [0, 0.1) is 5.82 Å². The van der Waals surface area contributed by atoms with Gasteiger partial charge in [0.25, 0.3) is 0 Å². The molecule has 0 unspecified atom stereocenters. The zero-order chi connectivity index (χ0) is 14.8. The Hall–Kier alpha value is -0.980. The number of sulfonamides is 1. The van der Waals surface area contributed by atoms with Gasteiger partial charge in [-0.3, -0.25) is 0 Å². The summed E-state index contributed by atoms with van der Waals surface area (Å²) in [6, 6.07) is 4.11. The van der Waals surface area contributed by atoms with E-state index >= 15 is 0 Å². The Labute approximate surface area is 120 Å². The van der Waals surface area contributed by atoms with Crippen LogP contribution in [0.2, 0.25) is 0 Å². The van der Waals surface area contributed by atoms with Crippen molar-refractivity contribution in [3.05, 3.63) is 29.6 Å². The minimum absolute atomic E-state index is 0.103. The second kappa shape index (κ2) is 6.20. The monoisotopic (exact) mass is 300 g/mol. The largest absolute Gasteiger partial charge is 0.313 e. The second-order valence-corrected chi connectivity index (χ2v) is 7.18. The van der Waals surface area contributed by atoms with Crippen molar-refractivity contribution in [2.75, 3.05) is 13.6 Å². The lowest BCUT2D eigenvalue weighted by Crippen LogP contribution is -2.29. The first-order valence-electron chi connectivity index (χ1n) is 6.94. The molecule has 2 rings (SSSR count). The average Bonchev–Trinajstić information content (AvgIpc) is 3.24. The summed E-state index contributed by atoms with van der Waals surface area (Å²) in [6.07, 6.45) is 2.76. The van der Waals surface area contributed by atoms with Gasteiger partial charge in [-0.1, -0.05) is 6.92 Å². The molecule has 4 nitrogen and oxygen atoms in total. The molecule has 0 aliphatic heterocycles. The van der Waals surface area contributed by atoms with Crippen molar-refractivity contribution in [1.82, 2.24) is 9.62 Å². The highest BCUT2D eigenvalue weighted by Gasteiger charge is 2.35. The maximum Gasteiger partial charge on any atom is 0.243 e. The van der Waals surface area contributed by atoms with Crippen molar-refractivity contribution in [2.24, 2.45) is 0 Å². The highest BCUT2D eigenvalue weighted by atomic mass is 32.2. The Morgan fingerprint density at radius 3 is 2.70 bits per heavy atom. The second-order valence-electron chi connectivity index (χ2n) is 5.18. The van der Waals surface area contributed by atoms with E-state index in [9.17, 15) is 12.8 Å². The molecule has 1 aliphatic carbocycles. The van der Waals surface area contributed by atoms with Crippen LogP contribution in [0.5, 0.6) is 0 Å². The molecule has 0 radical (unpaired) electrons. The summed E-state index contributed by atoms with van der Waals surface area (Å²) in [5, 5.41) is 3.09. The number of nitrogens with one attached hydrogen (secondary N) is 1. The molecular formula is C14H21FN2O2S. The van der Waals surface area contributed by atoms with Gasteiger partial charge >= 0.3 is 0 Å². The normalized spacial score (nSPS) is 15.8. The Kier molecular flexibility index (Phi) is 4.78. The third-order valence-corrected chi connectivity index (χ3v) is 5.40. The predicted molar refractivity (Wildman–Crippen MR) is 76.4 cm³/mol. The van der Waals surface area contributed by atoms with E-state index in [-0.39, 0.29) is 16.8 Å². The van der Waals surface area contributed by atoms with Gasteiger partial charge in [-0.05, 0) is 44.0 Å². The molecule has 1 fully saturated rings. The molecule has 1 aliphatic rings. The lowest BCUT2D eigenvalue weighted by molar-refractivity contribution is 0.464. The smallest absolute Gasteiger partial charge is 0.243 e. The number of benzene rings is 1. The molecule has 0 aromatic heterocycles. The first kappa shape index (κ1) is 15.4. The molecule has 20 heavy (non-hydrogen) atoms. The molecule has 0 amide bonds. The lowest BCUT2D eigenvalue weighted by Gasteiger charge is -2.17. The fourth-order valence-electron chi connectivity index (χ4n) is 2.05. The summed E-state index contributed by atoms with van der Waals surface area (Å²) in [6.45, 7) is 3.14. The Balaban J connectivity index is 2.21. The summed E-state index contributed by atoms with van der Waals surface area (Å²) >= 11 is 0. The molecule has 6 heteroatoms. The summed E-state index contributed by atoms with van der Waals surface area (Å²) in [4.78, 5) is 0.168. The Bertz CT molecular complexity index is 571. The van der Waals surface area contributed by atoms with E-state index in [0.717, 1.165) is 25.8 Å². The van der Waals surface area contributed by atoms with Gasteiger partial charge in [0.15, 0.2) is 0 Å². The van der Waals surface area contributed by atoms with Crippen molar-refractivity contribution in [3.63, 3.8) is 0 Å². The Morgan fingerprint density at radius 2 is 2.10 bits per heavy atom. The molecule has 0 heterocycles. The summed E-state index contributed by atoms with van der Waals surface area (Å²) in [5.74, 6) is -0.373. The van der Waals surface area contributed by atoms with Gasteiger partial charge in [0, 0.05) is 25.2 Å². The van der Waals surface area contributed by atoms with Gasteiger partial charge in [-0.2, -0.15) is 4.31 Å². The first-order valence-corrected chi connectivity index (χ1v) is 8.38. The summed E-state index contributed by atoms with van der Waals surface area (Å²) in [7, 11) is -1.92. The maximum absolute atomic E-state index is 13.7. The van der Waals surface area contributed by atoms with Gasteiger partial charge in [-0.15, -0.1) is 0 Å². The van der Waals surface area contributed by atoms with Crippen molar-refractivity contribution >= 4 is 10.0 Å². The molecule has 112 valence electrons. The fourth-order valence-corrected chi connectivity index (χ4v) is 3.51. The van der Waals surface area contributed by atoms with Crippen LogP contribution in [0.3, 0.4) is 0 Å². The van der Waals surface area contributed by atoms with Crippen LogP contribution < -0.4 is 5.32 Å².